The van der Waals surface area contributed by atoms with Gasteiger partial charge in [0.15, 0.2) is 8.16 Å². The van der Waals surface area contributed by atoms with Crippen molar-refractivity contribution in [1.29, 1.82) is 0 Å². The van der Waals surface area contributed by atoms with Gasteiger partial charge in [0, 0.05) is 19.6 Å². The van der Waals surface area contributed by atoms with Crippen LogP contribution in [-0.4, -0.2) is 54.2 Å². The van der Waals surface area contributed by atoms with Crippen molar-refractivity contribution >= 4 is 83.2 Å². The highest BCUT2D eigenvalue weighted by Gasteiger charge is 2.54. The summed E-state index contributed by atoms with van der Waals surface area (Å²) in [6, 6.07) is 68.9. The summed E-state index contributed by atoms with van der Waals surface area (Å²) < 4.78 is -2.51. The standard InChI is InChI=1S/2C29H21NO3S2/c2*31-20-29(34-22-14-6-2-7-15-22,35-23-16-8-3-9-17-23)26(21-12-4-1-5-13-21)30-27(32)24-18-10-11-19-25(24)28(30)33/h2*1-20,26H/t2*26-/m10/s1. The molecule has 12 heteroatoms. The first-order valence-corrected chi connectivity index (χ1v) is 25.4. The van der Waals surface area contributed by atoms with Crippen LogP contribution in [0.5, 0.6) is 0 Å². The zero-order chi connectivity index (χ0) is 48.5. The molecule has 2 aliphatic rings. The predicted molar refractivity (Wildman–Crippen MR) is 279 cm³/mol. The highest BCUT2D eigenvalue weighted by atomic mass is 32.2. The van der Waals surface area contributed by atoms with Gasteiger partial charge in [-0.1, -0.05) is 205 Å². The fourth-order valence-electron chi connectivity index (χ4n) is 8.46. The van der Waals surface area contributed by atoms with Crippen molar-refractivity contribution in [3.8, 4) is 0 Å². The molecule has 0 N–H and O–H groups in total. The lowest BCUT2D eigenvalue weighted by Gasteiger charge is -2.40. The number of amides is 4. The number of benzene rings is 8. The maximum absolute atomic E-state index is 13.7. The van der Waals surface area contributed by atoms with Crippen LogP contribution in [0.15, 0.2) is 250 Å². The minimum Gasteiger partial charge on any atom is -0.301 e. The first kappa shape index (κ1) is 47.8. The Morgan fingerprint density at radius 2 is 0.500 bits per heavy atom. The molecule has 70 heavy (non-hydrogen) atoms. The third-order valence-corrected chi connectivity index (χ3v) is 17.2. The van der Waals surface area contributed by atoms with Crippen LogP contribution in [0.4, 0.5) is 0 Å². The zero-order valence-corrected chi connectivity index (χ0v) is 40.5. The van der Waals surface area contributed by atoms with Crippen LogP contribution in [0.25, 0.3) is 0 Å². The van der Waals surface area contributed by atoms with E-state index >= 15 is 0 Å². The molecule has 0 saturated heterocycles. The van der Waals surface area contributed by atoms with E-state index in [4.69, 9.17) is 0 Å². The Morgan fingerprint density at radius 1 is 0.300 bits per heavy atom. The second kappa shape index (κ2) is 21.6. The van der Waals surface area contributed by atoms with Crippen molar-refractivity contribution in [3.63, 3.8) is 0 Å². The number of hydrogen-bond acceptors (Lipinski definition) is 10. The molecule has 10 rings (SSSR count). The summed E-state index contributed by atoms with van der Waals surface area (Å²) in [6.45, 7) is 0. The number of thioether (sulfide) groups is 4. The van der Waals surface area contributed by atoms with Gasteiger partial charge in [0.05, 0.1) is 34.3 Å². The van der Waals surface area contributed by atoms with Crippen LogP contribution >= 0.6 is 47.0 Å². The van der Waals surface area contributed by atoms with Gasteiger partial charge < -0.3 is 9.59 Å². The van der Waals surface area contributed by atoms with E-state index in [2.05, 4.69) is 0 Å². The van der Waals surface area contributed by atoms with Crippen molar-refractivity contribution in [1.82, 2.24) is 9.80 Å². The molecule has 2 aliphatic heterocycles. The third kappa shape index (κ3) is 9.81. The Morgan fingerprint density at radius 3 is 0.714 bits per heavy atom. The van der Waals surface area contributed by atoms with Gasteiger partial charge in [-0.15, -0.1) is 0 Å². The largest absolute Gasteiger partial charge is 0.301 e. The van der Waals surface area contributed by atoms with Gasteiger partial charge in [-0.05, 0) is 83.9 Å². The van der Waals surface area contributed by atoms with E-state index in [9.17, 15) is 28.8 Å². The summed E-state index contributed by atoms with van der Waals surface area (Å²) in [5.74, 6) is -1.58. The molecule has 8 nitrogen and oxygen atoms in total. The number of rotatable bonds is 16. The quantitative estimate of drug-likeness (QED) is 0.0402. The van der Waals surface area contributed by atoms with E-state index in [1.807, 2.05) is 182 Å². The first-order valence-electron chi connectivity index (χ1n) is 22.2. The summed E-state index contributed by atoms with van der Waals surface area (Å²) in [7, 11) is 0. The van der Waals surface area contributed by atoms with Gasteiger partial charge in [-0.2, -0.15) is 0 Å². The topological polar surface area (TPSA) is 109 Å². The van der Waals surface area contributed by atoms with Crippen molar-refractivity contribution in [3.05, 3.63) is 264 Å². The Labute approximate surface area is 422 Å². The Bertz CT molecular complexity index is 2780. The summed E-state index contributed by atoms with van der Waals surface area (Å²) in [4.78, 5) is 87.0. The van der Waals surface area contributed by atoms with Gasteiger partial charge >= 0.3 is 0 Å². The van der Waals surface area contributed by atoms with E-state index < -0.39 is 43.9 Å². The SMILES string of the molecule is O=CC(Sc1ccccc1)(Sc1ccccc1)[C@@H](c1ccccc1)N1C(=O)c2ccccc2C1=O.O=CC(Sc1ccccc1)(Sc1ccccc1)[C@H](c1ccccc1)N1C(=O)c2ccccc2C1=O. The fourth-order valence-corrected chi connectivity index (χ4v) is 14.2. The Balaban J connectivity index is 0.000000174. The van der Waals surface area contributed by atoms with Crippen LogP contribution in [-0.2, 0) is 9.59 Å². The van der Waals surface area contributed by atoms with Gasteiger partial charge in [-0.3, -0.25) is 29.0 Å². The van der Waals surface area contributed by atoms with Crippen LogP contribution in [0.1, 0.15) is 64.6 Å². The summed E-state index contributed by atoms with van der Waals surface area (Å²) in [5, 5.41) is 0. The maximum Gasteiger partial charge on any atom is 0.262 e. The molecule has 0 bridgehead atoms. The molecule has 8 aromatic carbocycles. The van der Waals surface area contributed by atoms with E-state index in [1.165, 1.54) is 56.8 Å². The smallest absolute Gasteiger partial charge is 0.262 e. The monoisotopic (exact) mass is 990 g/mol. The fraction of sp³-hybridized carbons (Fsp3) is 0.0690. The summed E-state index contributed by atoms with van der Waals surface area (Å²) in [6.07, 6.45) is 1.76. The lowest BCUT2D eigenvalue weighted by atomic mass is 10.0. The molecule has 0 unspecified atom stereocenters. The van der Waals surface area contributed by atoms with Crippen LogP contribution in [0.2, 0.25) is 0 Å². The van der Waals surface area contributed by atoms with E-state index in [1.54, 1.807) is 48.5 Å². The molecular formula is C58H42N2O6S4. The van der Waals surface area contributed by atoms with Crippen LogP contribution in [0, 0.1) is 0 Å². The summed E-state index contributed by atoms with van der Waals surface area (Å²) >= 11 is 5.41. The molecule has 4 amide bonds. The normalized spacial score (nSPS) is 14.0. The lowest BCUT2D eigenvalue weighted by Crippen LogP contribution is -2.46. The van der Waals surface area contributed by atoms with Gasteiger partial charge in [-0.25, -0.2) is 0 Å². The minimum atomic E-state index is -1.25. The van der Waals surface area contributed by atoms with Crippen LogP contribution in [0.3, 0.4) is 0 Å². The molecule has 8 aromatic rings. The molecular weight excluding hydrogens is 949 g/mol. The lowest BCUT2D eigenvalue weighted by molar-refractivity contribution is -0.109. The minimum absolute atomic E-state index is 0.354. The van der Waals surface area contributed by atoms with E-state index in [0.29, 0.717) is 33.4 Å². The van der Waals surface area contributed by atoms with Crippen LogP contribution < -0.4 is 0 Å². The second-order valence-corrected chi connectivity index (χ2v) is 21.9. The van der Waals surface area contributed by atoms with E-state index in [-0.39, 0.29) is 0 Å². The van der Waals surface area contributed by atoms with Crippen molar-refractivity contribution in [2.24, 2.45) is 0 Å². The molecule has 0 radical (unpaired) electrons. The molecule has 2 atom stereocenters. The maximum atomic E-state index is 13.7. The molecule has 0 aromatic heterocycles. The number of imide groups is 2. The van der Waals surface area contributed by atoms with Gasteiger partial charge in [0.1, 0.15) is 12.6 Å². The third-order valence-electron chi connectivity index (χ3n) is 11.6. The average Bonchev–Trinajstić information content (AvgIpc) is 3.81. The van der Waals surface area contributed by atoms with E-state index in [0.717, 1.165) is 32.2 Å². The van der Waals surface area contributed by atoms with Gasteiger partial charge in [0.25, 0.3) is 23.6 Å². The number of carbonyl (C=O) groups excluding carboxylic acids is 6. The zero-order valence-electron chi connectivity index (χ0n) is 37.2. The second-order valence-electron chi connectivity index (χ2n) is 16.0. The Hall–Kier alpha value is -7.22. The highest BCUT2D eigenvalue weighted by molar-refractivity contribution is 8.19. The highest BCUT2D eigenvalue weighted by Crippen LogP contribution is 2.56. The molecule has 0 fully saturated rings. The first-order chi connectivity index (χ1) is 34.3. The molecule has 0 saturated carbocycles. The van der Waals surface area contributed by atoms with Crippen molar-refractivity contribution < 1.29 is 28.8 Å². The number of hydrogen-bond donors (Lipinski definition) is 0. The van der Waals surface area contributed by atoms with Crippen molar-refractivity contribution in [2.45, 2.75) is 39.8 Å². The number of fused-ring (bicyclic) bond motifs is 2. The Kier molecular flexibility index (Phi) is 14.8. The number of carbonyl (C=O) groups is 6. The molecule has 2 heterocycles. The van der Waals surface area contributed by atoms with Crippen molar-refractivity contribution in [2.75, 3.05) is 0 Å². The molecule has 344 valence electrons. The summed E-state index contributed by atoms with van der Waals surface area (Å²) in [5.41, 5.74) is 2.84. The predicted octanol–water partition coefficient (Wildman–Crippen LogP) is 13.0. The number of nitrogens with zero attached hydrogens (tertiary/aromatic N) is 2. The number of aldehydes is 2. The van der Waals surface area contributed by atoms with Gasteiger partial charge in [0.2, 0.25) is 0 Å². The average molecular weight is 991 g/mol. The molecule has 0 aliphatic carbocycles. The molecule has 0 spiro atoms.